The fourth-order valence-electron chi connectivity index (χ4n) is 2.83. The summed E-state index contributed by atoms with van der Waals surface area (Å²) in [5.74, 6) is -0.944. The summed E-state index contributed by atoms with van der Waals surface area (Å²) in [6, 6.07) is 15.7. The van der Waals surface area contributed by atoms with Crippen LogP contribution in [-0.4, -0.2) is 44.5 Å². The average Bonchev–Trinajstić information content (AvgIpc) is 2.60. The van der Waals surface area contributed by atoms with E-state index in [1.807, 2.05) is 49.3 Å². The van der Waals surface area contributed by atoms with E-state index in [4.69, 9.17) is 5.11 Å². The molecule has 2 rings (SSSR count). The van der Waals surface area contributed by atoms with E-state index >= 15 is 0 Å². The lowest BCUT2D eigenvalue weighted by molar-refractivity contribution is -0.137. The summed E-state index contributed by atoms with van der Waals surface area (Å²) in [6.45, 7) is 0.725. The Balaban J connectivity index is 2.14. The predicted molar refractivity (Wildman–Crippen MR) is 105 cm³/mol. The highest BCUT2D eigenvalue weighted by Gasteiger charge is 2.21. The van der Waals surface area contributed by atoms with Crippen LogP contribution in [0.5, 0.6) is 0 Å². The Morgan fingerprint density at radius 1 is 1.04 bits per heavy atom. The number of hydrogen-bond acceptors (Lipinski definition) is 4. The molecule has 0 aromatic heterocycles. The molecule has 2 N–H and O–H groups in total. The van der Waals surface area contributed by atoms with E-state index in [9.17, 15) is 13.2 Å². The number of aliphatic carboxylic acids is 1. The van der Waals surface area contributed by atoms with E-state index in [-0.39, 0.29) is 17.7 Å². The van der Waals surface area contributed by atoms with Gasteiger partial charge in [0.05, 0.1) is 4.90 Å². The van der Waals surface area contributed by atoms with Crippen molar-refractivity contribution < 1.29 is 18.3 Å². The Kier molecular flexibility index (Phi) is 7.53. The van der Waals surface area contributed by atoms with Crippen molar-refractivity contribution in [3.63, 3.8) is 0 Å². The molecule has 0 saturated carbocycles. The van der Waals surface area contributed by atoms with Crippen LogP contribution in [0.25, 0.3) is 0 Å². The van der Waals surface area contributed by atoms with Crippen molar-refractivity contribution in [2.75, 3.05) is 14.1 Å². The minimum absolute atomic E-state index is 0.0954. The third-order valence-electron chi connectivity index (χ3n) is 4.09. The van der Waals surface area contributed by atoms with E-state index in [1.54, 1.807) is 24.3 Å². The smallest absolute Gasteiger partial charge is 0.303 e. The van der Waals surface area contributed by atoms with Crippen LogP contribution >= 0.6 is 0 Å². The van der Waals surface area contributed by atoms with Gasteiger partial charge in [-0.3, -0.25) is 4.79 Å². The maximum absolute atomic E-state index is 12.7. The molecule has 7 heteroatoms. The van der Waals surface area contributed by atoms with Crippen LogP contribution in [0.1, 0.15) is 24.0 Å². The number of rotatable bonds is 10. The summed E-state index contributed by atoms with van der Waals surface area (Å²) in [5.41, 5.74) is 1.97. The summed E-state index contributed by atoms with van der Waals surface area (Å²) < 4.78 is 28.2. The standard InChI is InChI=1S/C20H26N2O4S/c1-22(2)15-17-8-11-19(12-9-17)27(25,26)21-18(10-13-20(23)24)14-16-6-4-3-5-7-16/h3-9,11-12,18,21H,10,13-15H2,1-2H3,(H,23,24). The molecule has 0 saturated heterocycles. The number of nitrogens with one attached hydrogen (secondary N) is 1. The Hall–Kier alpha value is -2.22. The second-order valence-corrected chi connectivity index (χ2v) is 8.54. The van der Waals surface area contributed by atoms with Gasteiger partial charge in [0.25, 0.3) is 0 Å². The van der Waals surface area contributed by atoms with Crippen molar-refractivity contribution in [1.82, 2.24) is 9.62 Å². The first-order chi connectivity index (χ1) is 12.8. The third-order valence-corrected chi connectivity index (χ3v) is 5.62. The molecule has 0 radical (unpaired) electrons. The highest BCUT2D eigenvalue weighted by atomic mass is 32.2. The molecular formula is C20H26N2O4S. The lowest BCUT2D eigenvalue weighted by atomic mass is 10.0. The first-order valence-corrected chi connectivity index (χ1v) is 10.3. The number of benzene rings is 2. The average molecular weight is 391 g/mol. The van der Waals surface area contributed by atoms with Gasteiger partial charge in [-0.15, -0.1) is 0 Å². The molecule has 0 amide bonds. The number of carboxylic acids is 1. The number of nitrogens with zero attached hydrogens (tertiary/aromatic N) is 1. The normalized spacial score (nSPS) is 12.9. The van der Waals surface area contributed by atoms with Gasteiger partial charge < -0.3 is 10.0 Å². The van der Waals surface area contributed by atoms with Gasteiger partial charge in [0.2, 0.25) is 10.0 Å². The Morgan fingerprint density at radius 2 is 1.67 bits per heavy atom. The van der Waals surface area contributed by atoms with E-state index in [1.165, 1.54) is 0 Å². The van der Waals surface area contributed by atoms with E-state index in [0.29, 0.717) is 6.42 Å². The zero-order chi connectivity index (χ0) is 19.9. The summed E-state index contributed by atoms with van der Waals surface area (Å²) in [5, 5.41) is 8.97. The monoisotopic (exact) mass is 390 g/mol. The molecule has 27 heavy (non-hydrogen) atoms. The molecule has 146 valence electrons. The molecule has 1 unspecified atom stereocenters. The summed E-state index contributed by atoms with van der Waals surface area (Å²) in [7, 11) is 0.165. The largest absolute Gasteiger partial charge is 0.481 e. The van der Waals surface area contributed by atoms with Gasteiger partial charge in [0, 0.05) is 19.0 Å². The molecule has 1 atom stereocenters. The molecule has 0 spiro atoms. The number of carbonyl (C=O) groups is 1. The van der Waals surface area contributed by atoms with Crippen LogP contribution in [0, 0.1) is 0 Å². The van der Waals surface area contributed by atoms with Gasteiger partial charge in [-0.1, -0.05) is 42.5 Å². The van der Waals surface area contributed by atoms with Gasteiger partial charge >= 0.3 is 5.97 Å². The summed E-state index contributed by atoms with van der Waals surface area (Å²) in [4.78, 5) is 13.1. The first kappa shape index (κ1) is 21.1. The van der Waals surface area contributed by atoms with Gasteiger partial charge in [-0.05, 0) is 50.2 Å². The molecule has 0 aliphatic rings. The zero-order valence-electron chi connectivity index (χ0n) is 15.6. The highest BCUT2D eigenvalue weighted by Crippen LogP contribution is 2.15. The maximum atomic E-state index is 12.7. The Morgan fingerprint density at radius 3 is 2.22 bits per heavy atom. The Bertz CT molecular complexity index is 834. The molecule has 0 aliphatic heterocycles. The van der Waals surface area contributed by atoms with Gasteiger partial charge in [0.15, 0.2) is 0 Å². The van der Waals surface area contributed by atoms with E-state index in [0.717, 1.165) is 17.7 Å². The molecule has 0 aliphatic carbocycles. The molecule has 2 aromatic carbocycles. The van der Waals surface area contributed by atoms with Crippen molar-refractivity contribution in [3.8, 4) is 0 Å². The molecular weight excluding hydrogens is 364 g/mol. The van der Waals surface area contributed by atoms with Crippen LogP contribution in [0.2, 0.25) is 0 Å². The van der Waals surface area contributed by atoms with Gasteiger partial charge in [-0.25, -0.2) is 13.1 Å². The summed E-state index contributed by atoms with van der Waals surface area (Å²) >= 11 is 0. The molecule has 6 nitrogen and oxygen atoms in total. The van der Waals surface area contributed by atoms with Crippen LogP contribution in [0.15, 0.2) is 59.5 Å². The molecule has 0 bridgehead atoms. The SMILES string of the molecule is CN(C)Cc1ccc(S(=O)(=O)NC(CCC(=O)O)Cc2ccccc2)cc1. The number of sulfonamides is 1. The third kappa shape index (κ3) is 7.13. The second kappa shape index (κ2) is 9.64. The van der Waals surface area contributed by atoms with Crippen molar-refractivity contribution in [2.24, 2.45) is 0 Å². The molecule has 0 fully saturated rings. The van der Waals surface area contributed by atoms with Gasteiger partial charge in [-0.2, -0.15) is 0 Å². The first-order valence-electron chi connectivity index (χ1n) is 8.78. The van der Waals surface area contributed by atoms with E-state index in [2.05, 4.69) is 4.72 Å². The topological polar surface area (TPSA) is 86.7 Å². The quantitative estimate of drug-likeness (QED) is 0.651. The minimum Gasteiger partial charge on any atom is -0.481 e. The van der Waals surface area contributed by atoms with Crippen molar-refractivity contribution >= 4 is 16.0 Å². The van der Waals surface area contributed by atoms with Crippen LogP contribution in [0.4, 0.5) is 0 Å². The fourth-order valence-corrected chi connectivity index (χ4v) is 4.10. The zero-order valence-corrected chi connectivity index (χ0v) is 16.4. The predicted octanol–water partition coefficient (Wildman–Crippen LogP) is 2.50. The Labute approximate surface area is 160 Å². The number of carboxylic acid groups (broad SMARTS) is 1. The number of hydrogen-bond donors (Lipinski definition) is 2. The maximum Gasteiger partial charge on any atom is 0.303 e. The highest BCUT2D eigenvalue weighted by molar-refractivity contribution is 7.89. The van der Waals surface area contributed by atoms with Gasteiger partial charge in [0.1, 0.15) is 0 Å². The summed E-state index contributed by atoms with van der Waals surface area (Å²) in [6.07, 6.45) is 0.566. The molecule has 0 heterocycles. The van der Waals surface area contributed by atoms with Crippen molar-refractivity contribution in [3.05, 3.63) is 65.7 Å². The van der Waals surface area contributed by atoms with Crippen LogP contribution in [-0.2, 0) is 27.8 Å². The van der Waals surface area contributed by atoms with Crippen molar-refractivity contribution in [2.45, 2.75) is 36.7 Å². The van der Waals surface area contributed by atoms with Crippen molar-refractivity contribution in [1.29, 1.82) is 0 Å². The van der Waals surface area contributed by atoms with Crippen LogP contribution < -0.4 is 4.72 Å². The molecule has 2 aromatic rings. The second-order valence-electron chi connectivity index (χ2n) is 6.82. The van der Waals surface area contributed by atoms with E-state index < -0.39 is 22.0 Å². The fraction of sp³-hybridized carbons (Fsp3) is 0.350. The lowest BCUT2D eigenvalue weighted by Gasteiger charge is -2.19. The lowest BCUT2D eigenvalue weighted by Crippen LogP contribution is -2.36. The van der Waals surface area contributed by atoms with Crippen LogP contribution in [0.3, 0.4) is 0 Å². The minimum atomic E-state index is -3.73.